The minimum atomic E-state index is -0.637. The summed E-state index contributed by atoms with van der Waals surface area (Å²) in [6, 6.07) is 0. The number of thiazole rings is 1. The van der Waals surface area contributed by atoms with Crippen LogP contribution in [0.15, 0.2) is 6.20 Å². The number of β-amino-alcohol motifs (C(OH)–C–C–N with tert-alkyl or cyclic N) is 1. The van der Waals surface area contributed by atoms with Gasteiger partial charge in [-0.25, -0.2) is 4.98 Å². The first-order chi connectivity index (χ1) is 12.2. The van der Waals surface area contributed by atoms with Crippen molar-refractivity contribution in [1.82, 2.24) is 15.6 Å². The molecule has 26 heavy (non-hydrogen) atoms. The minimum Gasteiger partial charge on any atom is -0.467 e. The standard InChI is InChI=1S/C19H31N3O3S/c1-14(2)9-7-6-8-10-20-17(24)16-12-21-18(26-16)25-13-15(23)11-22-19(3,4)5/h12,14-15,22-23H,6,8,10-11,13H2,1-5H3,(H,20,24). The lowest BCUT2D eigenvalue weighted by Crippen LogP contribution is -2.42. The molecule has 3 N–H and O–H groups in total. The highest BCUT2D eigenvalue weighted by Gasteiger charge is 2.14. The van der Waals surface area contributed by atoms with Crippen molar-refractivity contribution in [2.24, 2.45) is 5.92 Å². The molecule has 0 radical (unpaired) electrons. The molecule has 0 fully saturated rings. The van der Waals surface area contributed by atoms with E-state index >= 15 is 0 Å². The van der Waals surface area contributed by atoms with Crippen LogP contribution < -0.4 is 15.4 Å². The van der Waals surface area contributed by atoms with Gasteiger partial charge in [0.25, 0.3) is 11.1 Å². The van der Waals surface area contributed by atoms with Gasteiger partial charge in [-0.1, -0.05) is 25.2 Å². The summed E-state index contributed by atoms with van der Waals surface area (Å²) in [5.74, 6) is 6.40. The van der Waals surface area contributed by atoms with E-state index < -0.39 is 6.10 Å². The Morgan fingerprint density at radius 2 is 2.15 bits per heavy atom. The van der Waals surface area contributed by atoms with Crippen LogP contribution in [0.3, 0.4) is 0 Å². The molecule has 0 spiro atoms. The van der Waals surface area contributed by atoms with Crippen LogP contribution >= 0.6 is 11.3 Å². The van der Waals surface area contributed by atoms with E-state index in [9.17, 15) is 9.90 Å². The van der Waals surface area contributed by atoms with E-state index in [1.165, 1.54) is 17.5 Å². The Balaban J connectivity index is 2.29. The van der Waals surface area contributed by atoms with E-state index in [-0.39, 0.29) is 18.1 Å². The molecule has 146 valence electrons. The fourth-order valence-electron chi connectivity index (χ4n) is 1.82. The lowest BCUT2D eigenvalue weighted by atomic mass is 10.1. The van der Waals surface area contributed by atoms with Crippen molar-refractivity contribution in [3.63, 3.8) is 0 Å². The summed E-state index contributed by atoms with van der Waals surface area (Å²) >= 11 is 1.17. The number of aliphatic hydroxyl groups is 1. The van der Waals surface area contributed by atoms with Crippen molar-refractivity contribution in [2.75, 3.05) is 19.7 Å². The molecule has 1 aromatic rings. The number of unbranched alkanes of at least 4 members (excludes halogenated alkanes) is 1. The fraction of sp³-hybridized carbons (Fsp3) is 0.684. The van der Waals surface area contributed by atoms with Crippen LogP contribution in [0.2, 0.25) is 0 Å². The summed E-state index contributed by atoms with van der Waals surface area (Å²) in [5, 5.41) is 16.3. The van der Waals surface area contributed by atoms with Gasteiger partial charge in [-0.3, -0.25) is 4.79 Å². The third-order valence-electron chi connectivity index (χ3n) is 3.13. The van der Waals surface area contributed by atoms with Crippen LogP contribution in [-0.4, -0.2) is 47.3 Å². The Bertz CT molecular complexity index is 612. The largest absolute Gasteiger partial charge is 0.467 e. The summed E-state index contributed by atoms with van der Waals surface area (Å²) in [7, 11) is 0. The van der Waals surface area contributed by atoms with Gasteiger partial charge in [-0.2, -0.15) is 0 Å². The smallest absolute Gasteiger partial charge is 0.273 e. The molecule has 0 bridgehead atoms. The second-order valence-electron chi connectivity index (χ2n) is 7.42. The van der Waals surface area contributed by atoms with Gasteiger partial charge in [-0.05, 0) is 27.2 Å². The number of carbonyl (C=O) groups excluding carboxylic acids is 1. The molecule has 0 aromatic carbocycles. The molecule has 0 aliphatic rings. The number of hydrogen-bond acceptors (Lipinski definition) is 6. The topological polar surface area (TPSA) is 83.5 Å². The van der Waals surface area contributed by atoms with E-state index in [1.54, 1.807) is 0 Å². The number of nitrogens with one attached hydrogen (secondary N) is 2. The van der Waals surface area contributed by atoms with E-state index in [1.807, 2.05) is 20.8 Å². The molecule has 1 aromatic heterocycles. The molecule has 1 heterocycles. The molecule has 1 atom stereocenters. The second-order valence-corrected chi connectivity index (χ2v) is 8.41. The van der Waals surface area contributed by atoms with E-state index in [0.29, 0.717) is 29.1 Å². The normalized spacial score (nSPS) is 12.4. The monoisotopic (exact) mass is 381 g/mol. The number of carbonyl (C=O) groups is 1. The minimum absolute atomic E-state index is 0.0617. The number of ether oxygens (including phenoxy) is 1. The van der Waals surface area contributed by atoms with Crippen LogP contribution in [-0.2, 0) is 0 Å². The average molecular weight is 382 g/mol. The summed E-state index contributed by atoms with van der Waals surface area (Å²) in [6.45, 7) is 11.3. The maximum Gasteiger partial charge on any atom is 0.273 e. The number of aromatic nitrogens is 1. The highest BCUT2D eigenvalue weighted by molar-refractivity contribution is 7.15. The van der Waals surface area contributed by atoms with Crippen LogP contribution in [0.25, 0.3) is 0 Å². The molecule has 6 nitrogen and oxygen atoms in total. The molecule has 0 saturated heterocycles. The van der Waals surface area contributed by atoms with E-state index in [0.717, 1.165) is 12.8 Å². The molecule has 0 aliphatic heterocycles. The molecular weight excluding hydrogens is 350 g/mol. The quantitative estimate of drug-likeness (QED) is 0.452. The average Bonchev–Trinajstić information content (AvgIpc) is 3.02. The highest BCUT2D eigenvalue weighted by atomic mass is 32.1. The van der Waals surface area contributed by atoms with Gasteiger partial charge in [0.1, 0.15) is 17.6 Å². The van der Waals surface area contributed by atoms with Crippen LogP contribution in [0.4, 0.5) is 0 Å². The Hall–Kier alpha value is -1.62. The molecule has 7 heteroatoms. The Morgan fingerprint density at radius 3 is 2.81 bits per heavy atom. The first-order valence-corrected chi connectivity index (χ1v) is 9.77. The van der Waals surface area contributed by atoms with Crippen molar-refractivity contribution in [1.29, 1.82) is 0 Å². The SMILES string of the molecule is CC(C)C#CCCCNC(=O)c1cnc(OCC(O)CNC(C)(C)C)s1. The Labute approximate surface area is 160 Å². The predicted octanol–water partition coefficient (Wildman–Crippen LogP) is 2.44. The van der Waals surface area contributed by atoms with Gasteiger partial charge in [0.2, 0.25) is 0 Å². The third-order valence-corrected chi connectivity index (χ3v) is 4.04. The van der Waals surface area contributed by atoms with Crippen LogP contribution in [0.5, 0.6) is 5.19 Å². The maximum atomic E-state index is 12.1. The number of nitrogens with zero attached hydrogens (tertiary/aromatic N) is 1. The van der Waals surface area contributed by atoms with Gasteiger partial charge in [0.05, 0.1) is 6.20 Å². The van der Waals surface area contributed by atoms with Crippen molar-refractivity contribution in [3.05, 3.63) is 11.1 Å². The second kappa shape index (κ2) is 11.2. The number of hydrogen-bond donors (Lipinski definition) is 3. The summed E-state index contributed by atoms with van der Waals surface area (Å²) in [5.41, 5.74) is -0.0617. The molecule has 0 saturated carbocycles. The van der Waals surface area contributed by atoms with Crippen LogP contribution in [0, 0.1) is 17.8 Å². The van der Waals surface area contributed by atoms with E-state index in [4.69, 9.17) is 4.74 Å². The molecule has 1 unspecified atom stereocenters. The van der Waals surface area contributed by atoms with Crippen molar-refractivity contribution in [3.8, 4) is 17.0 Å². The molecule has 0 aliphatic carbocycles. The number of rotatable bonds is 9. The van der Waals surface area contributed by atoms with Gasteiger partial charge >= 0.3 is 0 Å². The van der Waals surface area contributed by atoms with Gasteiger partial charge in [0, 0.05) is 31.0 Å². The molecular formula is C19H31N3O3S. The van der Waals surface area contributed by atoms with Gasteiger partial charge in [0.15, 0.2) is 0 Å². The molecule has 1 amide bonds. The van der Waals surface area contributed by atoms with Gasteiger partial charge < -0.3 is 20.5 Å². The van der Waals surface area contributed by atoms with Crippen molar-refractivity contribution < 1.29 is 14.6 Å². The van der Waals surface area contributed by atoms with Crippen molar-refractivity contribution >= 4 is 17.2 Å². The third kappa shape index (κ3) is 10.4. The Kier molecular flexibility index (Phi) is 9.63. The summed E-state index contributed by atoms with van der Waals surface area (Å²) < 4.78 is 5.46. The zero-order valence-corrected chi connectivity index (χ0v) is 17.2. The maximum absolute atomic E-state index is 12.1. The lowest BCUT2D eigenvalue weighted by molar-refractivity contribution is 0.0957. The van der Waals surface area contributed by atoms with E-state index in [2.05, 4.69) is 41.3 Å². The summed E-state index contributed by atoms with van der Waals surface area (Å²) in [6.07, 6.45) is 2.45. The molecule has 1 rings (SSSR count). The van der Waals surface area contributed by atoms with Crippen molar-refractivity contribution in [2.45, 2.75) is 59.1 Å². The number of amides is 1. The van der Waals surface area contributed by atoms with Crippen LogP contribution in [0.1, 0.15) is 57.1 Å². The first kappa shape index (κ1) is 22.4. The van der Waals surface area contributed by atoms with Gasteiger partial charge in [-0.15, -0.1) is 11.8 Å². The Morgan fingerprint density at radius 1 is 1.42 bits per heavy atom. The first-order valence-electron chi connectivity index (χ1n) is 8.95. The highest BCUT2D eigenvalue weighted by Crippen LogP contribution is 2.20. The predicted molar refractivity (Wildman–Crippen MR) is 106 cm³/mol. The number of aliphatic hydroxyl groups excluding tert-OH is 1. The fourth-order valence-corrected chi connectivity index (χ4v) is 2.51. The zero-order valence-electron chi connectivity index (χ0n) is 16.4. The lowest BCUT2D eigenvalue weighted by Gasteiger charge is -2.22. The zero-order chi connectivity index (χ0) is 19.6. The summed E-state index contributed by atoms with van der Waals surface area (Å²) in [4.78, 5) is 16.6.